The Labute approximate surface area is 98.8 Å². The van der Waals surface area contributed by atoms with Crippen LogP contribution in [0.25, 0.3) is 0 Å². The number of nitrogens with zero attached hydrogens (tertiary/aromatic N) is 1. The van der Waals surface area contributed by atoms with Crippen LogP contribution in [0.5, 0.6) is 0 Å². The maximum Gasteiger partial charge on any atom is 0.139 e. The molecule has 0 amide bonds. The number of aliphatic hydroxyl groups is 1. The summed E-state index contributed by atoms with van der Waals surface area (Å²) in [6, 6.07) is 0. The fraction of sp³-hybridized carbons (Fsp3) is 0.923. The van der Waals surface area contributed by atoms with Gasteiger partial charge in [-0.3, -0.25) is 4.79 Å². The van der Waals surface area contributed by atoms with Gasteiger partial charge in [-0.05, 0) is 25.3 Å². The van der Waals surface area contributed by atoms with E-state index in [1.54, 1.807) is 0 Å². The van der Waals surface area contributed by atoms with Gasteiger partial charge in [-0.15, -0.1) is 0 Å². The van der Waals surface area contributed by atoms with Crippen molar-refractivity contribution in [1.29, 1.82) is 0 Å². The zero-order valence-corrected chi connectivity index (χ0v) is 10.8. The number of hydrogen-bond acceptors (Lipinski definition) is 3. The van der Waals surface area contributed by atoms with Crippen molar-refractivity contribution in [2.45, 2.75) is 40.0 Å². The van der Waals surface area contributed by atoms with Gasteiger partial charge in [0.15, 0.2) is 0 Å². The molecule has 1 fully saturated rings. The first kappa shape index (κ1) is 13.7. The van der Waals surface area contributed by atoms with E-state index in [1.165, 1.54) is 6.42 Å². The van der Waals surface area contributed by atoms with E-state index in [9.17, 15) is 4.79 Å². The topological polar surface area (TPSA) is 40.5 Å². The largest absolute Gasteiger partial charge is 0.396 e. The molecule has 1 N–H and O–H groups in total. The van der Waals surface area contributed by atoms with Crippen molar-refractivity contribution in [1.82, 2.24) is 4.90 Å². The first-order valence-corrected chi connectivity index (χ1v) is 6.30. The molecule has 0 saturated carbocycles. The summed E-state index contributed by atoms with van der Waals surface area (Å²) in [5.74, 6) is 0.979. The summed E-state index contributed by atoms with van der Waals surface area (Å²) < 4.78 is 0. The van der Waals surface area contributed by atoms with Crippen LogP contribution >= 0.6 is 0 Å². The van der Waals surface area contributed by atoms with Gasteiger partial charge in [-0.1, -0.05) is 20.8 Å². The lowest BCUT2D eigenvalue weighted by Crippen LogP contribution is -2.28. The molecule has 3 heteroatoms. The lowest BCUT2D eigenvalue weighted by Gasteiger charge is -2.20. The van der Waals surface area contributed by atoms with E-state index in [0.29, 0.717) is 24.7 Å². The number of aliphatic hydroxyl groups excluding tert-OH is 1. The van der Waals surface area contributed by atoms with Crippen LogP contribution < -0.4 is 0 Å². The Kier molecular flexibility index (Phi) is 4.93. The molecule has 0 bridgehead atoms. The van der Waals surface area contributed by atoms with Crippen molar-refractivity contribution < 1.29 is 9.90 Å². The third kappa shape index (κ3) is 4.22. The van der Waals surface area contributed by atoms with Crippen LogP contribution in [0.4, 0.5) is 0 Å². The third-order valence-corrected chi connectivity index (χ3v) is 3.40. The molecule has 1 atom stereocenters. The molecule has 0 aromatic carbocycles. The van der Waals surface area contributed by atoms with Crippen molar-refractivity contribution in [2.75, 3.05) is 26.2 Å². The van der Waals surface area contributed by atoms with Gasteiger partial charge in [0, 0.05) is 31.5 Å². The van der Waals surface area contributed by atoms with Gasteiger partial charge in [-0.25, -0.2) is 0 Å². The molecule has 0 aromatic rings. The number of carbonyl (C=O) groups is 1. The predicted molar refractivity (Wildman–Crippen MR) is 65.3 cm³/mol. The summed E-state index contributed by atoms with van der Waals surface area (Å²) in [6.45, 7) is 9.26. The SMILES string of the molecule is CC(C)(C)C(=O)CCN1CCC(CCO)C1. The van der Waals surface area contributed by atoms with E-state index < -0.39 is 0 Å². The number of likely N-dealkylation sites (tertiary alicyclic amines) is 1. The summed E-state index contributed by atoms with van der Waals surface area (Å²) >= 11 is 0. The number of ketones is 1. The van der Waals surface area contributed by atoms with Crippen LogP contribution in [-0.4, -0.2) is 42.0 Å². The molecule has 3 nitrogen and oxygen atoms in total. The fourth-order valence-corrected chi connectivity index (χ4v) is 2.17. The van der Waals surface area contributed by atoms with Gasteiger partial charge in [0.25, 0.3) is 0 Å². The number of rotatable bonds is 5. The average Bonchev–Trinajstić information content (AvgIpc) is 2.61. The molecule has 1 saturated heterocycles. The first-order chi connectivity index (χ1) is 7.43. The molecule has 94 valence electrons. The minimum Gasteiger partial charge on any atom is -0.396 e. The number of Topliss-reactive ketones (excluding diaryl/α,β-unsaturated/α-hetero) is 1. The van der Waals surface area contributed by atoms with E-state index >= 15 is 0 Å². The summed E-state index contributed by atoms with van der Waals surface area (Å²) in [4.78, 5) is 14.1. The van der Waals surface area contributed by atoms with Crippen LogP contribution in [-0.2, 0) is 4.79 Å². The lowest BCUT2D eigenvalue weighted by molar-refractivity contribution is -0.126. The highest BCUT2D eigenvalue weighted by Crippen LogP contribution is 2.21. The van der Waals surface area contributed by atoms with E-state index in [0.717, 1.165) is 26.1 Å². The van der Waals surface area contributed by atoms with Crippen LogP contribution in [0.15, 0.2) is 0 Å². The van der Waals surface area contributed by atoms with E-state index in [1.807, 2.05) is 20.8 Å². The highest BCUT2D eigenvalue weighted by Gasteiger charge is 2.25. The molecule has 0 radical (unpaired) electrons. The maximum absolute atomic E-state index is 11.8. The second-order valence-electron chi connectivity index (χ2n) is 5.89. The van der Waals surface area contributed by atoms with Gasteiger partial charge >= 0.3 is 0 Å². The Morgan fingerprint density at radius 2 is 2.12 bits per heavy atom. The Hall–Kier alpha value is -0.410. The van der Waals surface area contributed by atoms with Gasteiger partial charge in [0.2, 0.25) is 0 Å². The normalized spacial score (nSPS) is 22.6. The average molecular weight is 227 g/mol. The minimum atomic E-state index is -0.204. The van der Waals surface area contributed by atoms with Gasteiger partial charge in [0.1, 0.15) is 5.78 Å². The summed E-state index contributed by atoms with van der Waals surface area (Å²) in [6.07, 6.45) is 2.74. The van der Waals surface area contributed by atoms with E-state index in [-0.39, 0.29) is 5.41 Å². The van der Waals surface area contributed by atoms with Crippen LogP contribution in [0.3, 0.4) is 0 Å². The first-order valence-electron chi connectivity index (χ1n) is 6.30. The highest BCUT2D eigenvalue weighted by atomic mass is 16.3. The Balaban J connectivity index is 2.23. The van der Waals surface area contributed by atoms with Crippen molar-refractivity contribution in [3.8, 4) is 0 Å². The minimum absolute atomic E-state index is 0.204. The molecule has 16 heavy (non-hydrogen) atoms. The molecular formula is C13H25NO2. The Morgan fingerprint density at radius 3 is 2.69 bits per heavy atom. The standard InChI is InChI=1S/C13H25NO2/c1-13(2,3)12(16)5-8-14-7-4-11(10-14)6-9-15/h11,15H,4-10H2,1-3H3. The van der Waals surface area contributed by atoms with Gasteiger partial charge in [0.05, 0.1) is 0 Å². The second kappa shape index (κ2) is 5.78. The molecule has 1 aliphatic heterocycles. The Morgan fingerprint density at radius 1 is 1.44 bits per heavy atom. The molecule has 0 aromatic heterocycles. The van der Waals surface area contributed by atoms with Crippen LogP contribution in [0.1, 0.15) is 40.0 Å². The zero-order valence-electron chi connectivity index (χ0n) is 10.8. The second-order valence-corrected chi connectivity index (χ2v) is 5.89. The predicted octanol–water partition coefficient (Wildman–Crippen LogP) is 1.70. The quantitative estimate of drug-likeness (QED) is 0.777. The van der Waals surface area contributed by atoms with Crippen LogP contribution in [0, 0.1) is 11.3 Å². The Bertz CT molecular complexity index is 233. The van der Waals surface area contributed by atoms with Crippen molar-refractivity contribution in [3.63, 3.8) is 0 Å². The molecule has 1 heterocycles. The van der Waals surface area contributed by atoms with Crippen molar-refractivity contribution in [3.05, 3.63) is 0 Å². The molecule has 0 aliphatic carbocycles. The van der Waals surface area contributed by atoms with Gasteiger partial charge < -0.3 is 10.0 Å². The summed E-state index contributed by atoms with van der Waals surface area (Å²) in [7, 11) is 0. The molecule has 0 spiro atoms. The summed E-state index contributed by atoms with van der Waals surface area (Å²) in [5, 5.41) is 8.87. The fourth-order valence-electron chi connectivity index (χ4n) is 2.17. The smallest absolute Gasteiger partial charge is 0.139 e. The number of hydrogen-bond donors (Lipinski definition) is 1. The monoisotopic (exact) mass is 227 g/mol. The third-order valence-electron chi connectivity index (χ3n) is 3.40. The van der Waals surface area contributed by atoms with E-state index in [4.69, 9.17) is 5.11 Å². The molecule has 1 rings (SSSR count). The maximum atomic E-state index is 11.8. The lowest BCUT2D eigenvalue weighted by atomic mass is 9.89. The van der Waals surface area contributed by atoms with Crippen molar-refractivity contribution in [2.24, 2.45) is 11.3 Å². The highest BCUT2D eigenvalue weighted by molar-refractivity contribution is 5.83. The molecule has 1 unspecified atom stereocenters. The van der Waals surface area contributed by atoms with Crippen molar-refractivity contribution >= 4 is 5.78 Å². The van der Waals surface area contributed by atoms with E-state index in [2.05, 4.69) is 4.90 Å². The molecule has 1 aliphatic rings. The molecular weight excluding hydrogens is 202 g/mol. The zero-order chi connectivity index (χ0) is 12.2. The summed E-state index contributed by atoms with van der Waals surface area (Å²) in [5.41, 5.74) is -0.204. The van der Waals surface area contributed by atoms with Gasteiger partial charge in [-0.2, -0.15) is 0 Å². The number of carbonyl (C=O) groups excluding carboxylic acids is 1. The van der Waals surface area contributed by atoms with Crippen LogP contribution in [0.2, 0.25) is 0 Å².